The third kappa shape index (κ3) is 5.98. The summed E-state index contributed by atoms with van der Waals surface area (Å²) in [5.74, 6) is 1.68. The van der Waals surface area contributed by atoms with E-state index in [0.717, 1.165) is 16.4 Å². The van der Waals surface area contributed by atoms with Crippen LogP contribution in [0.3, 0.4) is 0 Å². The highest BCUT2D eigenvalue weighted by Gasteiger charge is 2.19. The maximum absolute atomic E-state index is 12.7. The van der Waals surface area contributed by atoms with Gasteiger partial charge in [0.05, 0.1) is 25.3 Å². The quantitative estimate of drug-likeness (QED) is 0.513. The minimum atomic E-state index is -0.198. The van der Waals surface area contributed by atoms with Crippen LogP contribution in [0, 0.1) is 0 Å². The molecule has 0 aliphatic heterocycles. The Kier molecular flexibility index (Phi) is 6.70. The maximum atomic E-state index is 12.7. The molecule has 2 heterocycles. The van der Waals surface area contributed by atoms with Gasteiger partial charge in [-0.15, -0.1) is 0 Å². The van der Waals surface area contributed by atoms with Crippen LogP contribution in [0.15, 0.2) is 63.8 Å². The molecule has 152 valence electrons. The molecule has 0 aliphatic carbocycles. The predicted molar refractivity (Wildman–Crippen MR) is 107 cm³/mol. The van der Waals surface area contributed by atoms with Crippen molar-refractivity contribution >= 4 is 23.2 Å². The van der Waals surface area contributed by atoms with Crippen molar-refractivity contribution in [2.24, 2.45) is 0 Å². The van der Waals surface area contributed by atoms with Crippen LogP contribution >= 0.6 is 0 Å². The van der Waals surface area contributed by atoms with Crippen LogP contribution in [-0.4, -0.2) is 25.5 Å². The summed E-state index contributed by atoms with van der Waals surface area (Å²) in [7, 11) is 1.52. The van der Waals surface area contributed by atoms with Crippen LogP contribution in [0.1, 0.15) is 18.4 Å². The fraction of sp³-hybridized carbons (Fsp3) is 0.238. The molecule has 0 atom stereocenters. The van der Waals surface area contributed by atoms with E-state index in [2.05, 4.69) is 10.6 Å². The summed E-state index contributed by atoms with van der Waals surface area (Å²) in [6.07, 6.45) is 3.22. The number of ether oxygens (including phenoxy) is 1. The fourth-order valence-electron chi connectivity index (χ4n) is 3.01. The van der Waals surface area contributed by atoms with E-state index < -0.39 is 0 Å². The molecule has 0 saturated carbocycles. The van der Waals surface area contributed by atoms with Crippen molar-refractivity contribution in [3.8, 4) is 5.75 Å². The summed E-state index contributed by atoms with van der Waals surface area (Å²) < 4.78 is 16.2. The maximum Gasteiger partial charge on any atom is 0.279 e. The number of quaternary nitrogens is 1. The van der Waals surface area contributed by atoms with E-state index in [1.165, 1.54) is 14.0 Å². The average Bonchev–Trinajstić information content (AvgIpc) is 3.35. The topological polar surface area (TPSA) is 98.2 Å². The Labute approximate surface area is 168 Å². The summed E-state index contributed by atoms with van der Waals surface area (Å²) in [5.41, 5.74) is 1.06. The molecule has 8 nitrogen and oxygen atoms in total. The predicted octanol–water partition coefficient (Wildman–Crippen LogP) is 2.06. The molecule has 3 N–H and O–H groups in total. The zero-order valence-corrected chi connectivity index (χ0v) is 16.4. The molecule has 3 aromatic rings. The number of methoxy groups -OCH3 is 1. The van der Waals surface area contributed by atoms with Crippen molar-refractivity contribution in [2.75, 3.05) is 24.3 Å². The van der Waals surface area contributed by atoms with Gasteiger partial charge >= 0.3 is 0 Å². The monoisotopic (exact) mass is 398 g/mol. The van der Waals surface area contributed by atoms with Crippen LogP contribution in [-0.2, 0) is 22.7 Å². The van der Waals surface area contributed by atoms with E-state index in [4.69, 9.17) is 13.6 Å². The Morgan fingerprint density at radius 3 is 2.17 bits per heavy atom. The Bertz CT molecular complexity index is 899. The van der Waals surface area contributed by atoms with Gasteiger partial charge in [0.15, 0.2) is 18.1 Å². The van der Waals surface area contributed by atoms with Crippen molar-refractivity contribution in [1.82, 2.24) is 0 Å². The number of nitrogens with one attached hydrogen (secondary N) is 3. The first-order chi connectivity index (χ1) is 14.0. The van der Waals surface area contributed by atoms with E-state index >= 15 is 0 Å². The highest BCUT2D eigenvalue weighted by molar-refractivity contribution is 5.95. The van der Waals surface area contributed by atoms with Crippen molar-refractivity contribution in [3.05, 3.63) is 66.5 Å². The van der Waals surface area contributed by atoms with Crippen LogP contribution in [0.5, 0.6) is 5.75 Å². The molecular weight excluding hydrogens is 374 g/mol. The first-order valence-electron chi connectivity index (χ1n) is 9.17. The number of hydrogen-bond donors (Lipinski definition) is 3. The molecule has 0 fully saturated rings. The number of hydrogen-bond acceptors (Lipinski definition) is 5. The first-order valence-corrected chi connectivity index (χ1v) is 9.17. The van der Waals surface area contributed by atoms with Gasteiger partial charge in [-0.1, -0.05) is 0 Å². The van der Waals surface area contributed by atoms with E-state index in [1.54, 1.807) is 30.7 Å². The van der Waals surface area contributed by atoms with Gasteiger partial charge in [-0.3, -0.25) is 9.59 Å². The lowest BCUT2D eigenvalue weighted by Crippen LogP contribution is -3.10. The lowest BCUT2D eigenvalue weighted by atomic mass is 10.2. The molecule has 0 bridgehead atoms. The second-order valence-electron chi connectivity index (χ2n) is 6.58. The van der Waals surface area contributed by atoms with E-state index in [1.807, 2.05) is 24.3 Å². The average molecular weight is 398 g/mol. The zero-order valence-electron chi connectivity index (χ0n) is 16.4. The zero-order chi connectivity index (χ0) is 20.6. The van der Waals surface area contributed by atoms with E-state index in [9.17, 15) is 9.59 Å². The molecule has 3 rings (SSSR count). The summed E-state index contributed by atoms with van der Waals surface area (Å²) in [6, 6.07) is 12.5. The van der Waals surface area contributed by atoms with Crippen LogP contribution in [0.2, 0.25) is 0 Å². The van der Waals surface area contributed by atoms with Crippen molar-refractivity contribution in [2.45, 2.75) is 20.0 Å². The van der Waals surface area contributed by atoms with Gasteiger partial charge < -0.3 is 29.1 Å². The van der Waals surface area contributed by atoms with Crippen molar-refractivity contribution < 1.29 is 28.1 Å². The van der Waals surface area contributed by atoms with Crippen molar-refractivity contribution in [3.63, 3.8) is 0 Å². The van der Waals surface area contributed by atoms with Gasteiger partial charge in [-0.25, -0.2) is 0 Å². The molecule has 1 aromatic carbocycles. The highest BCUT2D eigenvalue weighted by atomic mass is 16.5. The Hall–Kier alpha value is -3.52. The van der Waals surface area contributed by atoms with Gasteiger partial charge in [0.25, 0.3) is 5.91 Å². The Morgan fingerprint density at radius 2 is 1.66 bits per heavy atom. The normalized spacial score (nSPS) is 10.7. The smallest absolute Gasteiger partial charge is 0.279 e. The standard InChI is InChI=1S/C21H23N3O5/c1-15(25)22-16-7-8-20(27-2)19(11-16)23-21(26)14-24(12-17-5-3-9-28-17)13-18-6-4-10-29-18/h3-11H,12-14H2,1-2H3,(H,22,25)(H,23,26)/p+1. The third-order valence-electron chi connectivity index (χ3n) is 4.21. The number of amides is 2. The summed E-state index contributed by atoms with van der Waals surface area (Å²) in [4.78, 5) is 25.0. The van der Waals surface area contributed by atoms with Gasteiger partial charge in [0.2, 0.25) is 5.91 Å². The molecule has 0 spiro atoms. The minimum absolute atomic E-state index is 0.189. The van der Waals surface area contributed by atoms with Gasteiger partial charge in [0.1, 0.15) is 18.8 Å². The molecule has 2 aromatic heterocycles. The number of furan rings is 2. The fourth-order valence-corrected chi connectivity index (χ4v) is 3.01. The first kappa shape index (κ1) is 20.2. The number of rotatable bonds is 9. The largest absolute Gasteiger partial charge is 0.495 e. The molecule has 0 saturated heterocycles. The van der Waals surface area contributed by atoms with Crippen LogP contribution in [0.25, 0.3) is 0 Å². The lowest BCUT2D eigenvalue weighted by Gasteiger charge is -2.18. The molecule has 2 amide bonds. The molecule has 8 heteroatoms. The Balaban J connectivity index is 1.71. The molecular formula is C21H24N3O5+. The van der Waals surface area contributed by atoms with Crippen molar-refractivity contribution in [1.29, 1.82) is 0 Å². The molecule has 29 heavy (non-hydrogen) atoms. The molecule has 0 unspecified atom stereocenters. The SMILES string of the molecule is COc1ccc(NC(C)=O)cc1NC(=O)C[NH+](Cc1ccco1)Cc1ccco1. The molecule has 0 radical (unpaired) electrons. The summed E-state index contributed by atoms with van der Waals surface area (Å²) in [5, 5.41) is 5.56. The van der Waals surface area contributed by atoms with E-state index in [-0.39, 0.29) is 18.4 Å². The van der Waals surface area contributed by atoms with Gasteiger partial charge in [-0.05, 0) is 42.5 Å². The van der Waals surface area contributed by atoms with Crippen LogP contribution in [0.4, 0.5) is 11.4 Å². The lowest BCUT2D eigenvalue weighted by molar-refractivity contribution is -0.921. The highest BCUT2D eigenvalue weighted by Crippen LogP contribution is 2.27. The summed E-state index contributed by atoms with van der Waals surface area (Å²) in [6.45, 7) is 2.68. The van der Waals surface area contributed by atoms with Gasteiger partial charge in [-0.2, -0.15) is 0 Å². The van der Waals surface area contributed by atoms with E-state index in [0.29, 0.717) is 30.2 Å². The minimum Gasteiger partial charge on any atom is -0.495 e. The number of carbonyl (C=O) groups is 2. The Morgan fingerprint density at radius 1 is 1.00 bits per heavy atom. The van der Waals surface area contributed by atoms with Gasteiger partial charge in [0, 0.05) is 12.6 Å². The number of anilines is 2. The van der Waals surface area contributed by atoms with Crippen LogP contribution < -0.4 is 20.3 Å². The second kappa shape index (κ2) is 9.61. The second-order valence-corrected chi connectivity index (χ2v) is 6.58. The molecule has 0 aliphatic rings. The summed E-state index contributed by atoms with van der Waals surface area (Å²) >= 11 is 0. The number of benzene rings is 1. The third-order valence-corrected chi connectivity index (χ3v) is 4.21. The number of carbonyl (C=O) groups excluding carboxylic acids is 2.